The van der Waals surface area contributed by atoms with Gasteiger partial charge in [0, 0.05) is 25.6 Å². The molecule has 0 aromatic carbocycles. The van der Waals surface area contributed by atoms with Gasteiger partial charge in [0.25, 0.3) is 0 Å². The first kappa shape index (κ1) is 15.4. The predicted octanol–water partition coefficient (Wildman–Crippen LogP) is 1.24. The summed E-state index contributed by atoms with van der Waals surface area (Å²) >= 11 is 0. The van der Waals surface area contributed by atoms with Gasteiger partial charge in [-0.1, -0.05) is 27.7 Å². The van der Waals surface area contributed by atoms with E-state index in [4.69, 9.17) is 0 Å². The van der Waals surface area contributed by atoms with E-state index in [9.17, 15) is 9.90 Å². The molecule has 0 spiro atoms. The molecule has 1 rings (SSSR count). The second-order valence-corrected chi connectivity index (χ2v) is 6.71. The molecule has 0 radical (unpaired) electrons. The van der Waals surface area contributed by atoms with Gasteiger partial charge in [0.15, 0.2) is 0 Å². The molecule has 1 aliphatic carbocycles. The van der Waals surface area contributed by atoms with Crippen LogP contribution in [0.5, 0.6) is 0 Å². The molecule has 1 saturated carbocycles. The van der Waals surface area contributed by atoms with Crippen LogP contribution in [0.3, 0.4) is 0 Å². The fourth-order valence-electron chi connectivity index (χ4n) is 2.45. The Morgan fingerprint density at radius 3 is 2.33 bits per heavy atom. The molecule has 3 unspecified atom stereocenters. The van der Waals surface area contributed by atoms with Crippen molar-refractivity contribution in [2.75, 3.05) is 14.1 Å². The summed E-state index contributed by atoms with van der Waals surface area (Å²) in [4.78, 5) is 13.8. The quantitative estimate of drug-likeness (QED) is 0.778. The van der Waals surface area contributed by atoms with Crippen LogP contribution >= 0.6 is 0 Å². The Balaban J connectivity index is 2.65. The SMILES string of the molecule is CC(C)CC(NC1CC(O)C1(C)C)C(=O)N(C)C. The van der Waals surface area contributed by atoms with Crippen molar-refractivity contribution in [2.24, 2.45) is 11.3 Å². The number of carbonyl (C=O) groups excluding carboxylic acids is 1. The van der Waals surface area contributed by atoms with Crippen LogP contribution in [0.2, 0.25) is 0 Å². The van der Waals surface area contributed by atoms with Gasteiger partial charge in [-0.3, -0.25) is 4.79 Å². The molecule has 0 bridgehead atoms. The molecule has 0 heterocycles. The molecule has 3 atom stereocenters. The van der Waals surface area contributed by atoms with Gasteiger partial charge in [0.1, 0.15) is 0 Å². The highest BCUT2D eigenvalue weighted by Gasteiger charge is 2.48. The minimum absolute atomic E-state index is 0.126. The summed E-state index contributed by atoms with van der Waals surface area (Å²) in [5.41, 5.74) is -0.137. The van der Waals surface area contributed by atoms with Gasteiger partial charge >= 0.3 is 0 Å². The lowest BCUT2D eigenvalue weighted by Gasteiger charge is -2.51. The molecule has 4 heteroatoms. The van der Waals surface area contributed by atoms with E-state index in [1.165, 1.54) is 0 Å². The number of hydrogen-bond donors (Lipinski definition) is 2. The lowest BCUT2D eigenvalue weighted by molar-refractivity contribution is -0.134. The first-order chi connectivity index (χ1) is 8.16. The molecule has 0 saturated heterocycles. The van der Waals surface area contributed by atoms with Crippen molar-refractivity contribution in [1.82, 2.24) is 10.2 Å². The number of carbonyl (C=O) groups is 1. The van der Waals surface area contributed by atoms with E-state index in [0.717, 1.165) is 12.8 Å². The Morgan fingerprint density at radius 2 is 2.00 bits per heavy atom. The Bertz CT molecular complexity index is 300. The molecule has 2 N–H and O–H groups in total. The maximum Gasteiger partial charge on any atom is 0.239 e. The van der Waals surface area contributed by atoms with Crippen LogP contribution in [0, 0.1) is 11.3 Å². The third-order valence-electron chi connectivity index (χ3n) is 4.06. The molecular formula is C14H28N2O2. The number of aliphatic hydroxyl groups is 1. The molecule has 1 fully saturated rings. The van der Waals surface area contributed by atoms with E-state index in [1.807, 2.05) is 13.8 Å². The Kier molecular flexibility index (Phi) is 4.78. The van der Waals surface area contributed by atoms with E-state index in [2.05, 4.69) is 19.2 Å². The zero-order valence-electron chi connectivity index (χ0n) is 12.5. The summed E-state index contributed by atoms with van der Waals surface area (Å²) in [5.74, 6) is 0.598. The fourth-order valence-corrected chi connectivity index (χ4v) is 2.45. The van der Waals surface area contributed by atoms with Crippen LogP contribution in [0.4, 0.5) is 0 Å². The van der Waals surface area contributed by atoms with Crippen molar-refractivity contribution in [3.05, 3.63) is 0 Å². The molecule has 0 aromatic rings. The van der Waals surface area contributed by atoms with Crippen molar-refractivity contribution in [3.63, 3.8) is 0 Å². The molecule has 18 heavy (non-hydrogen) atoms. The lowest BCUT2D eigenvalue weighted by Crippen LogP contribution is -2.63. The summed E-state index contributed by atoms with van der Waals surface area (Å²) < 4.78 is 0. The van der Waals surface area contributed by atoms with E-state index in [-0.39, 0.29) is 29.5 Å². The summed E-state index contributed by atoms with van der Waals surface area (Å²) in [6, 6.07) is 0.0805. The van der Waals surface area contributed by atoms with Crippen molar-refractivity contribution in [1.29, 1.82) is 0 Å². The fraction of sp³-hybridized carbons (Fsp3) is 0.929. The zero-order chi connectivity index (χ0) is 14.1. The van der Waals surface area contributed by atoms with Gasteiger partial charge in [-0.25, -0.2) is 0 Å². The first-order valence-corrected chi connectivity index (χ1v) is 6.81. The maximum absolute atomic E-state index is 12.1. The molecule has 106 valence electrons. The Labute approximate surface area is 111 Å². The predicted molar refractivity (Wildman–Crippen MR) is 73.3 cm³/mol. The summed E-state index contributed by atoms with van der Waals surface area (Å²) in [6.45, 7) is 8.34. The smallest absolute Gasteiger partial charge is 0.239 e. The summed E-state index contributed by atoms with van der Waals surface area (Å²) in [7, 11) is 3.58. The van der Waals surface area contributed by atoms with Crippen LogP contribution < -0.4 is 5.32 Å². The summed E-state index contributed by atoms with van der Waals surface area (Å²) in [6.07, 6.45) is 1.31. The van der Waals surface area contributed by atoms with Crippen LogP contribution in [0.25, 0.3) is 0 Å². The number of amides is 1. The first-order valence-electron chi connectivity index (χ1n) is 6.81. The van der Waals surface area contributed by atoms with Crippen LogP contribution in [-0.2, 0) is 4.79 Å². The van der Waals surface area contributed by atoms with Gasteiger partial charge < -0.3 is 15.3 Å². The molecule has 1 aliphatic rings. The van der Waals surface area contributed by atoms with Crippen LogP contribution in [-0.4, -0.2) is 48.2 Å². The average molecular weight is 256 g/mol. The number of rotatable bonds is 5. The Morgan fingerprint density at radius 1 is 1.44 bits per heavy atom. The van der Waals surface area contributed by atoms with E-state index in [0.29, 0.717) is 5.92 Å². The highest BCUT2D eigenvalue weighted by atomic mass is 16.3. The highest BCUT2D eigenvalue weighted by Crippen LogP contribution is 2.40. The van der Waals surface area contributed by atoms with Crippen molar-refractivity contribution in [2.45, 2.75) is 58.7 Å². The Hall–Kier alpha value is -0.610. The van der Waals surface area contributed by atoms with Crippen molar-refractivity contribution in [3.8, 4) is 0 Å². The van der Waals surface area contributed by atoms with Crippen molar-refractivity contribution < 1.29 is 9.90 Å². The molecule has 0 aliphatic heterocycles. The molecular weight excluding hydrogens is 228 g/mol. The average Bonchev–Trinajstić information content (AvgIpc) is 2.25. The molecule has 4 nitrogen and oxygen atoms in total. The number of aliphatic hydroxyl groups excluding tert-OH is 1. The van der Waals surface area contributed by atoms with Gasteiger partial charge in [-0.15, -0.1) is 0 Å². The third kappa shape index (κ3) is 3.23. The third-order valence-corrected chi connectivity index (χ3v) is 4.06. The minimum Gasteiger partial charge on any atom is -0.392 e. The van der Waals surface area contributed by atoms with Gasteiger partial charge in [0.05, 0.1) is 12.1 Å². The summed E-state index contributed by atoms with van der Waals surface area (Å²) in [5, 5.41) is 13.2. The second-order valence-electron chi connectivity index (χ2n) is 6.71. The van der Waals surface area contributed by atoms with Gasteiger partial charge in [-0.2, -0.15) is 0 Å². The zero-order valence-corrected chi connectivity index (χ0v) is 12.5. The number of nitrogens with one attached hydrogen (secondary N) is 1. The standard InChI is InChI=1S/C14H28N2O2/c1-9(2)7-10(13(18)16(5)6)15-11-8-12(17)14(11,3)4/h9-12,15,17H,7-8H2,1-6H3. The topological polar surface area (TPSA) is 52.6 Å². The number of nitrogens with zero attached hydrogens (tertiary/aromatic N) is 1. The van der Waals surface area contributed by atoms with Gasteiger partial charge in [-0.05, 0) is 18.8 Å². The van der Waals surface area contributed by atoms with E-state index < -0.39 is 0 Å². The monoisotopic (exact) mass is 256 g/mol. The second kappa shape index (κ2) is 5.57. The lowest BCUT2D eigenvalue weighted by atomic mass is 9.64. The largest absolute Gasteiger partial charge is 0.392 e. The van der Waals surface area contributed by atoms with E-state index >= 15 is 0 Å². The van der Waals surface area contributed by atoms with Crippen LogP contribution in [0.15, 0.2) is 0 Å². The molecule has 1 amide bonds. The normalized spacial score (nSPS) is 27.8. The minimum atomic E-state index is -0.260. The highest BCUT2D eigenvalue weighted by molar-refractivity contribution is 5.81. The van der Waals surface area contributed by atoms with E-state index in [1.54, 1.807) is 19.0 Å². The maximum atomic E-state index is 12.1. The van der Waals surface area contributed by atoms with Gasteiger partial charge in [0.2, 0.25) is 5.91 Å². The number of hydrogen-bond acceptors (Lipinski definition) is 3. The molecule has 0 aromatic heterocycles. The van der Waals surface area contributed by atoms with Crippen molar-refractivity contribution >= 4 is 5.91 Å². The number of likely N-dealkylation sites (N-methyl/N-ethyl adjacent to an activating group) is 1. The van der Waals surface area contributed by atoms with Crippen LogP contribution in [0.1, 0.15) is 40.5 Å².